The minimum Gasteiger partial charge on any atom is -0.296 e. The average Bonchev–Trinajstić information content (AvgIpc) is 2.98. The molecule has 1 unspecified atom stereocenters. The number of rotatable bonds is 3. The third-order valence-corrected chi connectivity index (χ3v) is 7.38. The van der Waals surface area contributed by atoms with Gasteiger partial charge in [0.15, 0.2) is 0 Å². The van der Waals surface area contributed by atoms with E-state index in [0.29, 0.717) is 16.3 Å². The number of aromatic nitrogens is 2. The van der Waals surface area contributed by atoms with Crippen LogP contribution in [0.15, 0.2) is 41.2 Å². The summed E-state index contributed by atoms with van der Waals surface area (Å²) in [6, 6.07) is 12.6. The van der Waals surface area contributed by atoms with Gasteiger partial charge in [0.25, 0.3) is 5.56 Å². The van der Waals surface area contributed by atoms with Crippen LogP contribution in [0.5, 0.6) is 0 Å². The van der Waals surface area contributed by atoms with Crippen LogP contribution in [0.3, 0.4) is 0 Å². The van der Waals surface area contributed by atoms with Crippen molar-refractivity contribution in [2.45, 2.75) is 70.1 Å². The lowest BCUT2D eigenvalue weighted by Crippen LogP contribution is -2.32. The number of hydrogen-bond acceptors (Lipinski definition) is 2. The summed E-state index contributed by atoms with van der Waals surface area (Å²) < 4.78 is 2.22. The van der Waals surface area contributed by atoms with E-state index in [9.17, 15) is 4.79 Å². The maximum absolute atomic E-state index is 13.0. The van der Waals surface area contributed by atoms with Gasteiger partial charge in [-0.3, -0.25) is 9.36 Å². The van der Waals surface area contributed by atoms with Crippen molar-refractivity contribution in [2.75, 3.05) is 0 Å². The standard InChI is InChI=1S/C25H27ClN2O/c1-3-8-16(2)17-11-12-20-18(15-17)25(13-5-4-6-14-25)24-27-23(29)22-19(26)9-7-10-21(22)28(20)24/h7,9-12,15-16H,3-6,8,13-14H2,1-2H3. The number of hydrogen-bond donors (Lipinski definition) is 0. The van der Waals surface area contributed by atoms with Crippen LogP contribution in [0.4, 0.5) is 0 Å². The van der Waals surface area contributed by atoms with Crippen molar-refractivity contribution >= 4 is 22.5 Å². The van der Waals surface area contributed by atoms with Crippen LogP contribution in [-0.4, -0.2) is 9.55 Å². The fraction of sp³-hybridized carbons (Fsp3) is 0.440. The number of benzene rings is 2. The second kappa shape index (κ2) is 6.98. The molecule has 150 valence electrons. The first kappa shape index (κ1) is 18.9. The van der Waals surface area contributed by atoms with E-state index >= 15 is 0 Å². The summed E-state index contributed by atoms with van der Waals surface area (Å²) >= 11 is 6.42. The maximum Gasteiger partial charge on any atom is 0.282 e. The van der Waals surface area contributed by atoms with E-state index in [-0.39, 0.29) is 11.0 Å². The van der Waals surface area contributed by atoms with Crippen LogP contribution >= 0.6 is 11.6 Å². The molecule has 29 heavy (non-hydrogen) atoms. The summed E-state index contributed by atoms with van der Waals surface area (Å²) in [5.41, 5.74) is 4.46. The molecular formula is C25H27ClN2O. The Hall–Kier alpha value is -2.13. The molecule has 1 aromatic heterocycles. The first-order chi connectivity index (χ1) is 14.1. The number of halogens is 1. The fourth-order valence-corrected chi connectivity index (χ4v) is 5.85. The first-order valence-corrected chi connectivity index (χ1v) is 11.3. The molecular weight excluding hydrogens is 380 g/mol. The lowest BCUT2D eigenvalue weighted by molar-refractivity contribution is 0.338. The molecule has 1 atom stereocenters. The van der Waals surface area contributed by atoms with Crippen LogP contribution in [-0.2, 0) is 5.41 Å². The molecule has 3 nitrogen and oxygen atoms in total. The lowest BCUT2D eigenvalue weighted by atomic mass is 9.69. The molecule has 2 heterocycles. The van der Waals surface area contributed by atoms with Gasteiger partial charge in [0.2, 0.25) is 0 Å². The summed E-state index contributed by atoms with van der Waals surface area (Å²) in [7, 11) is 0. The zero-order chi connectivity index (χ0) is 20.2. The van der Waals surface area contributed by atoms with Crippen LogP contribution in [0, 0.1) is 0 Å². The van der Waals surface area contributed by atoms with Crippen LogP contribution < -0.4 is 5.56 Å². The summed E-state index contributed by atoms with van der Waals surface area (Å²) in [4.78, 5) is 17.7. The monoisotopic (exact) mass is 406 g/mol. The van der Waals surface area contributed by atoms with Gasteiger partial charge in [-0.05, 0) is 54.5 Å². The highest BCUT2D eigenvalue weighted by Crippen LogP contribution is 2.52. The first-order valence-electron chi connectivity index (χ1n) is 10.9. The number of nitrogens with zero attached hydrogens (tertiary/aromatic N) is 2. The van der Waals surface area contributed by atoms with Gasteiger partial charge < -0.3 is 0 Å². The minimum absolute atomic E-state index is 0.148. The molecule has 2 aromatic carbocycles. The molecule has 0 bridgehead atoms. The van der Waals surface area contributed by atoms with Crippen molar-refractivity contribution in [2.24, 2.45) is 0 Å². The van der Waals surface area contributed by atoms with E-state index in [0.717, 1.165) is 24.2 Å². The van der Waals surface area contributed by atoms with E-state index in [1.165, 1.54) is 48.9 Å². The molecule has 4 heteroatoms. The van der Waals surface area contributed by atoms with E-state index in [1.54, 1.807) is 6.07 Å². The number of fused-ring (bicyclic) bond motifs is 7. The molecule has 1 fully saturated rings. The van der Waals surface area contributed by atoms with Crippen LogP contribution in [0.25, 0.3) is 16.6 Å². The van der Waals surface area contributed by atoms with Crippen molar-refractivity contribution in [3.8, 4) is 5.69 Å². The minimum atomic E-state index is -0.200. The molecule has 5 rings (SSSR count). The molecule has 3 aromatic rings. The van der Waals surface area contributed by atoms with E-state index < -0.39 is 0 Å². The highest BCUT2D eigenvalue weighted by Gasteiger charge is 2.46. The predicted molar refractivity (Wildman–Crippen MR) is 120 cm³/mol. The second-order valence-corrected chi connectivity index (χ2v) is 9.23. The van der Waals surface area contributed by atoms with Crippen molar-refractivity contribution in [3.63, 3.8) is 0 Å². The van der Waals surface area contributed by atoms with Gasteiger partial charge in [0.1, 0.15) is 5.82 Å². The third-order valence-electron chi connectivity index (χ3n) is 7.07. The summed E-state index contributed by atoms with van der Waals surface area (Å²) in [5, 5.41) is 1.01. The SMILES string of the molecule is CCCC(C)c1ccc2c(c1)C1(CCCCC1)c1nc(=O)c3c(Cl)cccc3n1-2. The molecule has 1 saturated carbocycles. The largest absolute Gasteiger partial charge is 0.296 e. The van der Waals surface area contributed by atoms with Crippen LogP contribution in [0.1, 0.15) is 81.7 Å². The molecule has 1 aliphatic carbocycles. The molecule has 2 aliphatic rings. The van der Waals surface area contributed by atoms with Gasteiger partial charge in [-0.2, -0.15) is 4.98 Å². The zero-order valence-electron chi connectivity index (χ0n) is 17.2. The van der Waals surface area contributed by atoms with Gasteiger partial charge >= 0.3 is 0 Å². The maximum atomic E-state index is 13.0. The van der Waals surface area contributed by atoms with E-state index in [1.807, 2.05) is 12.1 Å². The third kappa shape index (κ3) is 2.70. The van der Waals surface area contributed by atoms with Gasteiger partial charge in [0, 0.05) is 0 Å². The Morgan fingerprint density at radius 1 is 1.17 bits per heavy atom. The fourth-order valence-electron chi connectivity index (χ4n) is 5.60. The van der Waals surface area contributed by atoms with Gasteiger partial charge in [-0.15, -0.1) is 0 Å². The Bertz CT molecular complexity index is 1160. The van der Waals surface area contributed by atoms with Crippen molar-refractivity contribution < 1.29 is 0 Å². The smallest absolute Gasteiger partial charge is 0.282 e. The Balaban J connectivity index is 1.84. The van der Waals surface area contributed by atoms with Crippen molar-refractivity contribution in [1.82, 2.24) is 9.55 Å². The van der Waals surface area contributed by atoms with Crippen molar-refractivity contribution in [1.29, 1.82) is 0 Å². The Morgan fingerprint density at radius 2 is 1.97 bits per heavy atom. The molecule has 0 amide bonds. The quantitative estimate of drug-likeness (QED) is 0.497. The van der Waals surface area contributed by atoms with E-state index in [2.05, 4.69) is 41.6 Å². The molecule has 0 saturated heterocycles. The summed E-state index contributed by atoms with van der Waals surface area (Å²) in [5.74, 6) is 1.46. The highest BCUT2D eigenvalue weighted by molar-refractivity contribution is 6.35. The summed E-state index contributed by atoms with van der Waals surface area (Å²) in [6.07, 6.45) is 8.10. The predicted octanol–water partition coefficient (Wildman–Crippen LogP) is 6.51. The topological polar surface area (TPSA) is 34.9 Å². The molecule has 1 aliphatic heterocycles. The lowest BCUT2D eigenvalue weighted by Gasteiger charge is -2.34. The van der Waals surface area contributed by atoms with E-state index in [4.69, 9.17) is 11.6 Å². The van der Waals surface area contributed by atoms with Crippen LogP contribution in [0.2, 0.25) is 5.02 Å². The Morgan fingerprint density at radius 3 is 2.72 bits per heavy atom. The van der Waals surface area contributed by atoms with Gasteiger partial charge in [-0.1, -0.05) is 69.3 Å². The molecule has 1 spiro atoms. The second-order valence-electron chi connectivity index (χ2n) is 8.82. The normalized spacial score (nSPS) is 18.0. The Kier molecular flexibility index (Phi) is 4.54. The molecule has 0 radical (unpaired) electrons. The van der Waals surface area contributed by atoms with Crippen molar-refractivity contribution in [3.05, 3.63) is 68.7 Å². The summed E-state index contributed by atoms with van der Waals surface area (Å²) in [6.45, 7) is 4.56. The van der Waals surface area contributed by atoms with Gasteiger partial charge in [0.05, 0.1) is 27.0 Å². The van der Waals surface area contributed by atoms with Gasteiger partial charge in [-0.25, -0.2) is 0 Å². The Labute approximate surface area is 176 Å². The zero-order valence-corrected chi connectivity index (χ0v) is 17.9. The average molecular weight is 407 g/mol. The highest BCUT2D eigenvalue weighted by atomic mass is 35.5. The molecule has 0 N–H and O–H groups in total.